The Balaban J connectivity index is 2.57. The van der Waals surface area contributed by atoms with Crippen LogP contribution in [0.3, 0.4) is 0 Å². The predicted molar refractivity (Wildman–Crippen MR) is 109 cm³/mol. The number of fused-ring (bicyclic) bond motifs is 1. The Morgan fingerprint density at radius 2 is 1.25 bits per heavy atom. The Morgan fingerprint density at radius 1 is 0.714 bits per heavy atom. The molecule has 0 fully saturated rings. The van der Waals surface area contributed by atoms with Crippen LogP contribution < -0.4 is 5.73 Å². The molecule has 2 rings (SSSR count). The van der Waals surface area contributed by atoms with E-state index in [1.54, 1.807) is 24.3 Å². The number of amides is 1. The third kappa shape index (κ3) is 7.88. The highest BCUT2D eigenvalue weighted by Gasteiger charge is 1.93. The Labute approximate surface area is 162 Å². The molecule has 0 radical (unpaired) electrons. The van der Waals surface area contributed by atoms with Gasteiger partial charge in [0.15, 0.2) is 5.58 Å². The standard InChI is InChI=1S/C22H20N4O2/c23-22(27)20-15-10-8-6-4-2-1-3-5-7-9-13-19-14-11-12-16-21(19)28-26-25-24-18-17-20/h1-18H,(H2,23,27). The molecule has 0 spiro atoms. The number of primary amides is 1. The van der Waals surface area contributed by atoms with Crippen molar-refractivity contribution in [2.75, 3.05) is 0 Å². The molecule has 6 nitrogen and oxygen atoms in total. The van der Waals surface area contributed by atoms with Crippen molar-refractivity contribution < 1.29 is 9.32 Å². The van der Waals surface area contributed by atoms with Crippen molar-refractivity contribution >= 4 is 16.9 Å². The van der Waals surface area contributed by atoms with Gasteiger partial charge in [-0.1, -0.05) is 84.9 Å². The molecule has 2 aromatic rings. The van der Waals surface area contributed by atoms with Gasteiger partial charge in [-0.3, -0.25) is 4.79 Å². The average Bonchev–Trinajstić information content (AvgIpc) is 2.69. The maximum atomic E-state index is 11.4. The van der Waals surface area contributed by atoms with Crippen LogP contribution in [-0.4, -0.2) is 21.5 Å². The fraction of sp³-hybridized carbons (Fsp3) is 0. The lowest BCUT2D eigenvalue weighted by Crippen LogP contribution is -2.09. The first kappa shape index (κ1) is 20.3. The first-order valence-corrected chi connectivity index (χ1v) is 8.48. The van der Waals surface area contributed by atoms with Crippen molar-refractivity contribution in [1.82, 2.24) is 15.6 Å². The Bertz CT molecular complexity index is 1030. The molecule has 0 aliphatic heterocycles. The monoisotopic (exact) mass is 372 g/mol. The van der Waals surface area contributed by atoms with E-state index in [0.29, 0.717) is 5.58 Å². The van der Waals surface area contributed by atoms with Crippen LogP contribution >= 0.6 is 0 Å². The molecule has 1 heterocycles. The van der Waals surface area contributed by atoms with Gasteiger partial charge in [-0.15, -0.1) is 5.10 Å². The highest BCUT2D eigenvalue weighted by molar-refractivity contribution is 5.92. The number of hydrogen-bond acceptors (Lipinski definition) is 5. The summed E-state index contributed by atoms with van der Waals surface area (Å²) in [6, 6.07) is 30.9. The van der Waals surface area contributed by atoms with Crippen LogP contribution in [-0.2, 0) is 0 Å². The van der Waals surface area contributed by atoms with Gasteiger partial charge >= 0.3 is 0 Å². The minimum Gasteiger partial charge on any atom is -0.366 e. The fourth-order valence-corrected chi connectivity index (χ4v) is 1.98. The molecule has 0 saturated carbocycles. The Hall–Kier alpha value is -4.06. The third-order valence-corrected chi connectivity index (χ3v) is 3.30. The smallest absolute Gasteiger partial charge is 0.248 e. The number of benzene rings is 1. The van der Waals surface area contributed by atoms with E-state index in [9.17, 15) is 4.79 Å². The lowest BCUT2D eigenvalue weighted by molar-refractivity contribution is 0.100. The molecule has 0 unspecified atom stereocenters. The average molecular weight is 372 g/mol. The fourth-order valence-electron chi connectivity index (χ4n) is 1.98. The normalized spacial score (nSPS) is 9.00. The summed E-state index contributed by atoms with van der Waals surface area (Å²) >= 11 is 0. The van der Waals surface area contributed by atoms with Crippen LogP contribution in [0.15, 0.2) is 114 Å². The van der Waals surface area contributed by atoms with Crippen molar-refractivity contribution in [3.63, 3.8) is 0 Å². The molecule has 140 valence electrons. The number of nitrogens with zero attached hydrogens (tertiary/aromatic N) is 3. The van der Waals surface area contributed by atoms with Crippen molar-refractivity contribution in [3.05, 3.63) is 115 Å². The first-order valence-electron chi connectivity index (χ1n) is 8.48. The summed E-state index contributed by atoms with van der Waals surface area (Å²) in [5, 5.41) is 11.7. The van der Waals surface area contributed by atoms with Gasteiger partial charge in [-0.25, -0.2) is 0 Å². The molecule has 1 aromatic carbocycles. The van der Waals surface area contributed by atoms with Crippen molar-refractivity contribution in [1.29, 1.82) is 0 Å². The number of carbonyl (C=O) groups is 1. The lowest BCUT2D eigenvalue weighted by atomic mass is 10.2. The molecule has 0 bridgehead atoms. The van der Waals surface area contributed by atoms with Gasteiger partial charge in [0.2, 0.25) is 5.91 Å². The molecular weight excluding hydrogens is 352 g/mol. The molecule has 0 atom stereocenters. The topological polar surface area (TPSA) is 94.9 Å². The van der Waals surface area contributed by atoms with E-state index >= 15 is 0 Å². The van der Waals surface area contributed by atoms with E-state index in [0.717, 1.165) is 5.39 Å². The van der Waals surface area contributed by atoms with E-state index in [-0.39, 0.29) is 5.56 Å². The molecule has 1 aromatic heterocycles. The van der Waals surface area contributed by atoms with Crippen molar-refractivity contribution in [2.24, 2.45) is 5.73 Å². The molecule has 28 heavy (non-hydrogen) atoms. The molecule has 1 amide bonds. The second-order valence-corrected chi connectivity index (χ2v) is 5.31. The number of hydrogen-bond donors (Lipinski definition) is 1. The van der Waals surface area contributed by atoms with Crippen molar-refractivity contribution in [2.45, 2.75) is 0 Å². The number of nitrogens with two attached hydrogens (primary N) is 1. The van der Waals surface area contributed by atoms with Gasteiger partial charge in [-0.2, -0.15) is 0 Å². The highest BCUT2D eigenvalue weighted by atomic mass is 16.5. The van der Waals surface area contributed by atoms with E-state index in [1.807, 2.05) is 72.8 Å². The first-order chi connectivity index (χ1) is 13.8. The van der Waals surface area contributed by atoms with Crippen LogP contribution in [0.25, 0.3) is 11.0 Å². The lowest BCUT2D eigenvalue weighted by Gasteiger charge is -1.87. The highest BCUT2D eigenvalue weighted by Crippen LogP contribution is 2.07. The molecular formula is C22H20N4O2. The summed E-state index contributed by atoms with van der Waals surface area (Å²) in [6.07, 6.45) is 1.31. The van der Waals surface area contributed by atoms with E-state index < -0.39 is 5.91 Å². The van der Waals surface area contributed by atoms with Gasteiger partial charge in [-0.05, 0) is 23.4 Å². The summed E-state index contributed by atoms with van der Waals surface area (Å²) in [5.41, 5.74) is 6.15. The molecule has 2 N–H and O–H groups in total. The molecule has 0 aliphatic rings. The van der Waals surface area contributed by atoms with Gasteiger partial charge in [0.25, 0.3) is 0 Å². The summed E-state index contributed by atoms with van der Waals surface area (Å²) in [7, 11) is 0. The van der Waals surface area contributed by atoms with Crippen LogP contribution in [0.5, 0.6) is 0 Å². The van der Waals surface area contributed by atoms with Gasteiger partial charge in [0.05, 0.1) is 11.5 Å². The van der Waals surface area contributed by atoms with E-state index in [4.69, 9.17) is 10.3 Å². The van der Waals surface area contributed by atoms with E-state index in [1.165, 1.54) is 12.3 Å². The minimum absolute atomic E-state index is 0.278. The van der Waals surface area contributed by atoms with Gasteiger partial charge < -0.3 is 10.3 Å². The summed E-state index contributed by atoms with van der Waals surface area (Å²) in [4.78, 5) is 11.4. The summed E-state index contributed by atoms with van der Waals surface area (Å²) in [5.74, 6) is -0.575. The zero-order valence-electron chi connectivity index (χ0n) is 15.1. The van der Waals surface area contributed by atoms with Crippen LogP contribution in [0.4, 0.5) is 0 Å². The number of aromatic nitrogens is 3. The second kappa shape index (κ2) is 12.3. The zero-order valence-corrected chi connectivity index (χ0v) is 15.1. The molecule has 0 aliphatic carbocycles. The largest absolute Gasteiger partial charge is 0.366 e. The Kier molecular flexibility index (Phi) is 8.91. The van der Waals surface area contributed by atoms with E-state index in [2.05, 4.69) is 15.6 Å². The van der Waals surface area contributed by atoms with Crippen molar-refractivity contribution in [3.8, 4) is 0 Å². The third-order valence-electron chi connectivity index (χ3n) is 3.30. The predicted octanol–water partition coefficient (Wildman–Crippen LogP) is 4.21. The second-order valence-electron chi connectivity index (χ2n) is 5.31. The zero-order chi connectivity index (χ0) is 19.9. The SMILES string of the molecule is NC(=O)c1ccccccccccccc2ccccc2onnncc1. The van der Waals surface area contributed by atoms with Crippen LogP contribution in [0.1, 0.15) is 10.4 Å². The number of para-hydroxylation sites is 1. The number of carbonyl (C=O) groups excluding carboxylic acids is 1. The van der Waals surface area contributed by atoms with Crippen LogP contribution in [0, 0.1) is 0 Å². The quantitative estimate of drug-likeness (QED) is 0.809. The minimum atomic E-state index is -0.575. The maximum Gasteiger partial charge on any atom is 0.248 e. The molecule has 6 heteroatoms. The summed E-state index contributed by atoms with van der Waals surface area (Å²) < 4.78 is 5.27. The Morgan fingerprint density at radius 3 is 1.89 bits per heavy atom. The molecule has 0 saturated heterocycles. The summed E-state index contributed by atoms with van der Waals surface area (Å²) in [6.45, 7) is 0. The van der Waals surface area contributed by atoms with Gasteiger partial charge in [0, 0.05) is 10.9 Å². The van der Waals surface area contributed by atoms with Crippen LogP contribution in [0.2, 0.25) is 0 Å². The number of rotatable bonds is 1. The maximum absolute atomic E-state index is 11.4. The van der Waals surface area contributed by atoms with Gasteiger partial charge in [0.1, 0.15) is 0 Å².